The first kappa shape index (κ1) is 21.2. The van der Waals surface area contributed by atoms with E-state index in [-0.39, 0.29) is 17.3 Å². The molecule has 150 valence electrons. The lowest BCUT2D eigenvalue weighted by Crippen LogP contribution is -2.36. The maximum absolute atomic E-state index is 13.0. The number of rotatable bonds is 6. The fourth-order valence-electron chi connectivity index (χ4n) is 3.20. The zero-order valence-electron chi connectivity index (χ0n) is 15.7. The highest BCUT2D eigenvalue weighted by atomic mass is 35.5. The molecule has 0 saturated carbocycles. The Hall–Kier alpha value is -1.54. The number of carbonyl (C=O) groups is 1. The van der Waals surface area contributed by atoms with E-state index in [1.807, 2.05) is 11.2 Å². The molecule has 0 spiro atoms. The van der Waals surface area contributed by atoms with Gasteiger partial charge in [0.25, 0.3) is 5.91 Å². The number of nitrogens with zero attached hydrogens (tertiary/aromatic N) is 1. The molecule has 8 heteroatoms. The summed E-state index contributed by atoms with van der Waals surface area (Å²) < 4.78 is 28.1. The van der Waals surface area contributed by atoms with Crippen molar-refractivity contribution in [1.82, 2.24) is 9.62 Å². The van der Waals surface area contributed by atoms with Crippen molar-refractivity contribution in [2.75, 3.05) is 19.3 Å². The molecule has 28 heavy (non-hydrogen) atoms. The average Bonchev–Trinajstić information content (AvgIpc) is 2.72. The molecule has 3 rings (SSSR count). The smallest absolute Gasteiger partial charge is 0.255 e. The van der Waals surface area contributed by atoms with Crippen LogP contribution in [0.4, 0.5) is 0 Å². The van der Waals surface area contributed by atoms with E-state index in [1.54, 1.807) is 36.4 Å². The summed E-state index contributed by atoms with van der Waals surface area (Å²) in [7, 11) is -3.76. The maximum Gasteiger partial charge on any atom is 0.255 e. The van der Waals surface area contributed by atoms with Crippen molar-refractivity contribution in [2.45, 2.75) is 35.6 Å². The minimum atomic E-state index is -3.76. The van der Waals surface area contributed by atoms with Crippen molar-refractivity contribution in [3.05, 3.63) is 58.6 Å². The third-order valence-corrected chi connectivity index (χ3v) is 7.14. The number of piperidine rings is 1. The van der Waals surface area contributed by atoms with Gasteiger partial charge in [0.05, 0.1) is 10.5 Å². The van der Waals surface area contributed by atoms with Crippen LogP contribution in [0, 0.1) is 0 Å². The van der Waals surface area contributed by atoms with Crippen LogP contribution in [0.15, 0.2) is 52.3 Å². The Kier molecular flexibility index (Phi) is 7.04. The number of hydrogen-bond acceptors (Lipinski definition) is 4. The molecule has 1 heterocycles. The predicted molar refractivity (Wildman–Crippen MR) is 113 cm³/mol. The van der Waals surface area contributed by atoms with Crippen molar-refractivity contribution in [3.8, 4) is 0 Å². The summed E-state index contributed by atoms with van der Waals surface area (Å²) in [6.07, 6.45) is 4.98. The van der Waals surface area contributed by atoms with Crippen LogP contribution >= 0.6 is 23.4 Å². The van der Waals surface area contributed by atoms with Gasteiger partial charge in [-0.05, 0) is 61.4 Å². The van der Waals surface area contributed by atoms with E-state index in [0.29, 0.717) is 10.6 Å². The van der Waals surface area contributed by atoms with Crippen molar-refractivity contribution >= 4 is 39.3 Å². The average molecular weight is 439 g/mol. The lowest BCUT2D eigenvalue weighted by Gasteiger charge is -2.27. The molecule has 1 fully saturated rings. The summed E-state index contributed by atoms with van der Waals surface area (Å²) in [6, 6.07) is 11.8. The van der Waals surface area contributed by atoms with Crippen LogP contribution in [-0.4, -0.2) is 38.6 Å². The molecule has 1 aliphatic heterocycles. The number of hydrogen-bond donors (Lipinski definition) is 1. The zero-order chi connectivity index (χ0) is 20.1. The largest absolute Gasteiger partial charge is 0.339 e. The summed E-state index contributed by atoms with van der Waals surface area (Å²) >= 11 is 7.39. The molecule has 1 N–H and O–H groups in total. The van der Waals surface area contributed by atoms with Gasteiger partial charge in [-0.25, -0.2) is 13.1 Å². The number of thioether (sulfide) groups is 1. The van der Waals surface area contributed by atoms with Gasteiger partial charge in [-0.2, -0.15) is 0 Å². The molecule has 1 amide bonds. The van der Waals surface area contributed by atoms with Crippen LogP contribution in [0.2, 0.25) is 5.02 Å². The lowest BCUT2D eigenvalue weighted by atomic mass is 10.1. The Morgan fingerprint density at radius 3 is 2.57 bits per heavy atom. The van der Waals surface area contributed by atoms with Gasteiger partial charge in [0, 0.05) is 29.6 Å². The summed E-state index contributed by atoms with van der Waals surface area (Å²) in [5, 5.41) is 0.551. The lowest BCUT2D eigenvalue weighted by molar-refractivity contribution is 0.0720. The first-order valence-corrected chi connectivity index (χ1v) is 12.2. The number of carbonyl (C=O) groups excluding carboxylic acids is 1. The standard InChI is InChI=1S/C20H23ClN2O3S2/c1-27-19-9-8-17(13-18(19)20(24)23-10-3-2-4-11-23)28(25,26)22-14-15-6-5-7-16(21)12-15/h5-9,12-13,22H,2-4,10-11,14H2,1H3. The first-order valence-electron chi connectivity index (χ1n) is 9.12. The molecule has 0 aliphatic carbocycles. The van der Waals surface area contributed by atoms with E-state index in [1.165, 1.54) is 17.8 Å². The fourth-order valence-corrected chi connectivity index (χ4v) is 5.02. The van der Waals surface area contributed by atoms with Crippen LogP contribution in [0.5, 0.6) is 0 Å². The van der Waals surface area contributed by atoms with Gasteiger partial charge >= 0.3 is 0 Å². The fraction of sp³-hybridized carbons (Fsp3) is 0.350. The second kappa shape index (κ2) is 9.31. The molecule has 5 nitrogen and oxygen atoms in total. The van der Waals surface area contributed by atoms with Crippen LogP contribution in [0.25, 0.3) is 0 Å². The number of benzene rings is 2. The number of sulfonamides is 1. The number of halogens is 1. The third-order valence-electron chi connectivity index (χ3n) is 4.71. The van der Waals surface area contributed by atoms with Gasteiger partial charge < -0.3 is 4.90 Å². The molecular weight excluding hydrogens is 416 g/mol. The highest BCUT2D eigenvalue weighted by molar-refractivity contribution is 7.98. The van der Waals surface area contributed by atoms with Crippen LogP contribution < -0.4 is 4.72 Å². The molecule has 1 saturated heterocycles. The van der Waals surface area contributed by atoms with Gasteiger partial charge in [0.15, 0.2) is 0 Å². The van der Waals surface area contributed by atoms with Crippen LogP contribution in [0.1, 0.15) is 35.2 Å². The van der Waals surface area contributed by atoms with Gasteiger partial charge in [-0.15, -0.1) is 11.8 Å². The molecule has 0 radical (unpaired) electrons. The van der Waals surface area contributed by atoms with E-state index in [4.69, 9.17) is 11.6 Å². The van der Waals surface area contributed by atoms with E-state index in [0.717, 1.165) is 42.8 Å². The summed E-state index contributed by atoms with van der Waals surface area (Å²) in [5.74, 6) is -0.101. The quantitative estimate of drug-likeness (QED) is 0.687. The molecule has 2 aromatic rings. The van der Waals surface area contributed by atoms with Gasteiger partial charge in [0.1, 0.15) is 0 Å². The number of amides is 1. The van der Waals surface area contributed by atoms with Crippen molar-refractivity contribution in [2.24, 2.45) is 0 Å². The number of nitrogens with one attached hydrogen (secondary N) is 1. The minimum Gasteiger partial charge on any atom is -0.339 e. The summed E-state index contributed by atoms with van der Waals surface area (Å²) in [4.78, 5) is 15.6. The SMILES string of the molecule is CSc1ccc(S(=O)(=O)NCc2cccc(Cl)c2)cc1C(=O)N1CCCCC1. The molecule has 0 unspecified atom stereocenters. The van der Waals surface area contributed by atoms with E-state index in [2.05, 4.69) is 4.72 Å². The summed E-state index contributed by atoms with van der Waals surface area (Å²) in [6.45, 7) is 1.57. The topological polar surface area (TPSA) is 66.5 Å². The highest BCUT2D eigenvalue weighted by Gasteiger charge is 2.23. The Bertz CT molecular complexity index is 958. The van der Waals surface area contributed by atoms with Crippen LogP contribution in [0.3, 0.4) is 0 Å². The first-order chi connectivity index (χ1) is 13.4. The van der Waals surface area contributed by atoms with Crippen molar-refractivity contribution in [1.29, 1.82) is 0 Å². The van der Waals surface area contributed by atoms with Gasteiger partial charge in [0.2, 0.25) is 10.0 Å². The molecule has 0 aromatic heterocycles. The molecular formula is C20H23ClN2O3S2. The Balaban J connectivity index is 1.83. The Morgan fingerprint density at radius 1 is 1.14 bits per heavy atom. The van der Waals surface area contributed by atoms with Gasteiger partial charge in [-0.1, -0.05) is 23.7 Å². The second-order valence-electron chi connectivity index (χ2n) is 6.67. The molecule has 2 aromatic carbocycles. The van der Waals surface area contributed by atoms with E-state index in [9.17, 15) is 13.2 Å². The molecule has 0 atom stereocenters. The summed E-state index contributed by atoms with van der Waals surface area (Å²) in [5.41, 5.74) is 1.21. The minimum absolute atomic E-state index is 0.0905. The highest BCUT2D eigenvalue weighted by Crippen LogP contribution is 2.26. The van der Waals surface area contributed by atoms with Crippen molar-refractivity contribution < 1.29 is 13.2 Å². The zero-order valence-corrected chi connectivity index (χ0v) is 18.0. The van der Waals surface area contributed by atoms with E-state index < -0.39 is 10.0 Å². The van der Waals surface area contributed by atoms with Crippen LogP contribution in [-0.2, 0) is 16.6 Å². The predicted octanol–water partition coefficient (Wildman–Crippen LogP) is 4.17. The molecule has 1 aliphatic rings. The Labute approximate surface area is 175 Å². The van der Waals surface area contributed by atoms with Crippen molar-refractivity contribution in [3.63, 3.8) is 0 Å². The van der Waals surface area contributed by atoms with Gasteiger partial charge in [-0.3, -0.25) is 4.79 Å². The number of likely N-dealkylation sites (tertiary alicyclic amines) is 1. The van der Waals surface area contributed by atoms with E-state index >= 15 is 0 Å². The molecule has 0 bridgehead atoms. The normalized spacial score (nSPS) is 14.9. The maximum atomic E-state index is 13.0. The Morgan fingerprint density at radius 2 is 1.89 bits per heavy atom. The third kappa shape index (κ3) is 5.08. The second-order valence-corrected chi connectivity index (χ2v) is 9.72. The monoisotopic (exact) mass is 438 g/mol.